The van der Waals surface area contributed by atoms with Crippen LogP contribution in [0.4, 0.5) is 0 Å². The molecule has 0 spiro atoms. The first-order valence-corrected chi connectivity index (χ1v) is 12.5. The number of halogens is 3. The zero-order chi connectivity index (χ0) is 17.7. The molecule has 27 heavy (non-hydrogen) atoms. The Labute approximate surface area is 199 Å². The van der Waals surface area contributed by atoms with Crippen molar-refractivity contribution in [3.8, 4) is 0 Å². The topological polar surface area (TPSA) is 0 Å². The molecule has 0 N–H and O–H groups in total. The molecule has 0 nitrogen and oxygen atoms in total. The number of hydrogen-bond donors (Lipinski definition) is 0. The number of aryl methyl sites for hydroxylation is 2. The Morgan fingerprint density at radius 3 is 2.11 bits per heavy atom. The van der Waals surface area contributed by atoms with Gasteiger partial charge in [0, 0.05) is 0 Å². The average Bonchev–Trinajstić information content (AvgIpc) is 2.91. The van der Waals surface area contributed by atoms with Crippen LogP contribution in [0.25, 0.3) is 0 Å². The number of hydrogen-bond acceptors (Lipinski definition) is 0. The summed E-state index contributed by atoms with van der Waals surface area (Å²) in [5, 5.41) is 3.49. The van der Waals surface area contributed by atoms with Crippen molar-refractivity contribution in [2.24, 2.45) is 5.92 Å². The summed E-state index contributed by atoms with van der Waals surface area (Å²) in [6.45, 7) is 11.6. The van der Waals surface area contributed by atoms with Gasteiger partial charge in [0.25, 0.3) is 0 Å². The summed E-state index contributed by atoms with van der Waals surface area (Å²) < 4.78 is 1.66. The van der Waals surface area contributed by atoms with E-state index in [9.17, 15) is 0 Å². The van der Waals surface area contributed by atoms with Crippen LogP contribution in [0, 0.1) is 19.8 Å². The van der Waals surface area contributed by atoms with E-state index in [4.69, 9.17) is 0 Å². The normalized spacial score (nSPS) is 15.3. The molecule has 1 aliphatic carbocycles. The Balaban J connectivity index is 0. The summed E-state index contributed by atoms with van der Waals surface area (Å²) in [5.74, 6) is 0.713. The van der Waals surface area contributed by atoms with Gasteiger partial charge in [0.2, 0.25) is 0 Å². The molecular formula is C22H33Cl3SiTi. The molecule has 2 atom stereocenters. The molecule has 0 saturated carbocycles. The maximum Gasteiger partial charge on any atom is -1.00 e. The van der Waals surface area contributed by atoms with Gasteiger partial charge < -0.3 is 37.2 Å². The molecule has 1 aromatic carbocycles. The summed E-state index contributed by atoms with van der Waals surface area (Å²) in [5.41, 5.74) is 4.56. The molecule has 0 radical (unpaired) electrons. The second-order valence-corrected chi connectivity index (χ2v) is 11.4. The third kappa shape index (κ3) is 8.03. The van der Waals surface area contributed by atoms with E-state index in [-0.39, 0.29) is 37.2 Å². The van der Waals surface area contributed by atoms with Crippen molar-refractivity contribution >= 4 is 14.0 Å². The average molecular weight is 480 g/mol. The summed E-state index contributed by atoms with van der Waals surface area (Å²) >= 11 is 2.39. The van der Waals surface area contributed by atoms with Crippen LogP contribution in [0.15, 0.2) is 38.9 Å². The molecule has 0 fully saturated rings. The van der Waals surface area contributed by atoms with Gasteiger partial charge in [-0.3, -0.25) is 0 Å². The molecule has 1 aliphatic rings. The van der Waals surface area contributed by atoms with Gasteiger partial charge in [-0.05, 0) is 0 Å². The van der Waals surface area contributed by atoms with Crippen molar-refractivity contribution in [3.63, 3.8) is 0 Å². The van der Waals surface area contributed by atoms with Crippen molar-refractivity contribution in [1.29, 1.82) is 0 Å². The molecular weight excluding hydrogens is 447 g/mol. The van der Waals surface area contributed by atoms with E-state index in [1.807, 2.05) is 5.20 Å². The van der Waals surface area contributed by atoms with Crippen molar-refractivity contribution in [2.75, 3.05) is 0 Å². The Morgan fingerprint density at radius 2 is 1.59 bits per heavy atom. The summed E-state index contributed by atoms with van der Waals surface area (Å²) in [7, 11) is -1.11. The van der Waals surface area contributed by atoms with Gasteiger partial charge in [-0.15, -0.1) is 0 Å². The van der Waals surface area contributed by atoms with E-state index in [2.05, 4.69) is 79.3 Å². The summed E-state index contributed by atoms with van der Waals surface area (Å²) in [6, 6.07) is 8.73. The molecule has 5 heteroatoms. The smallest absolute Gasteiger partial charge is 1.00 e. The van der Waals surface area contributed by atoms with Gasteiger partial charge in [0.05, 0.1) is 0 Å². The number of rotatable bonds is 8. The largest absolute Gasteiger partial charge is 1.00 e. The molecule has 0 aromatic heterocycles. The fraction of sp³-hybridized carbons (Fsp3) is 0.545. The second kappa shape index (κ2) is 14.5. The van der Waals surface area contributed by atoms with Gasteiger partial charge in [-0.2, -0.15) is 0 Å². The van der Waals surface area contributed by atoms with Crippen molar-refractivity contribution < 1.29 is 57.7 Å². The van der Waals surface area contributed by atoms with Gasteiger partial charge in [0.15, 0.2) is 0 Å². The molecule has 1 aromatic rings. The summed E-state index contributed by atoms with van der Waals surface area (Å²) in [4.78, 5) is 0. The van der Waals surface area contributed by atoms with E-state index in [0.29, 0.717) is 5.92 Å². The quantitative estimate of drug-likeness (QED) is 0.270. The zero-order valence-electron chi connectivity index (χ0n) is 17.3. The van der Waals surface area contributed by atoms with Gasteiger partial charge in [0.1, 0.15) is 0 Å². The minimum absolute atomic E-state index is 0. The Kier molecular flexibility index (Phi) is 15.9. The van der Waals surface area contributed by atoms with Gasteiger partial charge in [-0.25, -0.2) is 0 Å². The van der Waals surface area contributed by atoms with Crippen LogP contribution in [-0.2, 0) is 20.4 Å². The molecule has 2 rings (SSSR count). The van der Waals surface area contributed by atoms with Crippen LogP contribution >= 0.6 is 0 Å². The fourth-order valence-electron chi connectivity index (χ4n) is 3.99. The first-order valence-electron chi connectivity index (χ1n) is 9.71. The van der Waals surface area contributed by atoms with Crippen molar-refractivity contribution in [1.82, 2.24) is 0 Å². The maximum absolute atomic E-state index is 2.54. The van der Waals surface area contributed by atoms with Crippen molar-refractivity contribution in [3.05, 3.63) is 50.0 Å². The van der Waals surface area contributed by atoms with E-state index in [1.54, 1.807) is 14.6 Å². The predicted molar refractivity (Wildman–Crippen MR) is 106 cm³/mol. The molecule has 2 unspecified atom stereocenters. The van der Waals surface area contributed by atoms with Crippen molar-refractivity contribution in [2.45, 2.75) is 72.8 Å². The van der Waals surface area contributed by atoms with E-state index >= 15 is 0 Å². The molecule has 0 bridgehead atoms. The van der Waals surface area contributed by atoms with Gasteiger partial charge in [-0.1, -0.05) is 0 Å². The third-order valence-electron chi connectivity index (χ3n) is 5.40. The number of allylic oxidation sites excluding steroid dienone is 4. The van der Waals surface area contributed by atoms with Crippen LogP contribution in [0.1, 0.15) is 64.0 Å². The minimum atomic E-state index is -1.11. The van der Waals surface area contributed by atoms with E-state index < -0.39 is 8.80 Å². The standard InChI is InChI=1S/C22H33Si.3ClH.Ti/c1-6-8-9-13-23(20-15-17(3)14-18(4)16-20)22-12-10-11-21(22)19(5)7-2;;;;/h11,14-16,19,23H,6-10,13H2,1-5H3;3*1H;/q;;;;+3/p-3. The summed E-state index contributed by atoms with van der Waals surface area (Å²) in [6.07, 6.45) is 9.08. The predicted octanol–water partition coefficient (Wildman–Crippen LogP) is -3.34. The van der Waals surface area contributed by atoms with Crippen LogP contribution in [0.2, 0.25) is 6.04 Å². The first-order chi connectivity index (χ1) is 11.5. The Bertz CT molecular complexity index is 620. The second-order valence-electron chi connectivity index (χ2n) is 7.53. The minimum Gasteiger partial charge on any atom is -1.00 e. The zero-order valence-corrected chi connectivity index (χ0v) is 22.3. The fourth-order valence-corrected chi connectivity index (χ4v) is 9.12. The van der Waals surface area contributed by atoms with E-state index in [1.165, 1.54) is 49.3 Å². The Morgan fingerprint density at radius 1 is 1.00 bits per heavy atom. The molecule has 0 saturated heterocycles. The molecule has 150 valence electrons. The Hall–Kier alpha value is 0.501. The molecule has 0 heterocycles. The maximum atomic E-state index is 2.54. The molecule has 0 amide bonds. The van der Waals surface area contributed by atoms with Crippen LogP contribution < -0.4 is 42.4 Å². The van der Waals surface area contributed by atoms with Crippen LogP contribution in [0.3, 0.4) is 0 Å². The number of unbranched alkanes of at least 4 members (excludes halogenated alkanes) is 2. The van der Waals surface area contributed by atoms with E-state index in [0.717, 1.165) is 0 Å². The van der Waals surface area contributed by atoms with Gasteiger partial charge >= 0.3 is 163 Å². The monoisotopic (exact) mass is 478 g/mol. The number of benzene rings is 1. The SMILES string of the molecule is CCCCC[SiH](C1=[C]([Ti+3])CC=C1C(C)CC)c1cc(C)cc(C)c1.[Cl-].[Cl-].[Cl-]. The molecule has 0 aliphatic heterocycles. The first kappa shape index (κ1) is 29.7. The van der Waals surface area contributed by atoms with Crippen LogP contribution in [-0.4, -0.2) is 8.80 Å². The third-order valence-corrected chi connectivity index (χ3v) is 10.1. The van der Waals surface area contributed by atoms with Crippen LogP contribution in [0.5, 0.6) is 0 Å².